The van der Waals surface area contributed by atoms with Gasteiger partial charge in [-0.3, -0.25) is 4.57 Å². The molecule has 4 aromatic rings. The highest BCUT2D eigenvalue weighted by molar-refractivity contribution is 5.78. The summed E-state index contributed by atoms with van der Waals surface area (Å²) in [5.41, 5.74) is 0.531. The third-order valence-corrected chi connectivity index (χ3v) is 4.46. The number of aromatic nitrogens is 3. The number of halogens is 4. The van der Waals surface area contributed by atoms with Gasteiger partial charge in [0.1, 0.15) is 23.0 Å². The first-order valence-corrected chi connectivity index (χ1v) is 8.76. The highest BCUT2D eigenvalue weighted by Gasteiger charge is 2.29. The van der Waals surface area contributed by atoms with Crippen LogP contribution in [0.5, 0.6) is 0 Å². The molecule has 0 bridgehead atoms. The van der Waals surface area contributed by atoms with Gasteiger partial charge in [0.2, 0.25) is 0 Å². The second-order valence-corrected chi connectivity index (χ2v) is 6.51. The van der Waals surface area contributed by atoms with E-state index in [2.05, 4.69) is 15.3 Å². The number of nitrogens with zero attached hydrogens (tertiary/aromatic N) is 4. The van der Waals surface area contributed by atoms with Crippen LogP contribution in [-0.2, 0) is 6.18 Å². The number of rotatable bonds is 3. The monoisotopic (exact) mass is 411 g/mol. The van der Waals surface area contributed by atoms with Crippen molar-refractivity contribution in [3.05, 3.63) is 77.4 Å². The molecule has 0 aliphatic carbocycles. The number of anilines is 2. The van der Waals surface area contributed by atoms with Gasteiger partial charge in [-0.05, 0) is 55.5 Å². The predicted octanol–water partition coefficient (Wildman–Crippen LogP) is 5.50. The Labute approximate surface area is 168 Å². The van der Waals surface area contributed by atoms with Crippen molar-refractivity contribution >= 4 is 22.5 Å². The first-order valence-electron chi connectivity index (χ1n) is 8.76. The van der Waals surface area contributed by atoms with Gasteiger partial charge in [-0.15, -0.1) is 0 Å². The number of hydrogen-bond acceptors (Lipinski definition) is 4. The van der Waals surface area contributed by atoms with Crippen molar-refractivity contribution in [1.82, 2.24) is 14.5 Å². The molecule has 0 atom stereocenters. The van der Waals surface area contributed by atoms with Crippen LogP contribution in [0.4, 0.5) is 29.1 Å². The van der Waals surface area contributed by atoms with Crippen LogP contribution in [0.2, 0.25) is 0 Å². The van der Waals surface area contributed by atoms with Crippen molar-refractivity contribution in [3.8, 4) is 11.9 Å². The van der Waals surface area contributed by atoms with Crippen LogP contribution in [-0.4, -0.2) is 14.5 Å². The Balaban J connectivity index is 1.76. The summed E-state index contributed by atoms with van der Waals surface area (Å²) < 4.78 is 53.9. The number of alkyl halides is 3. The van der Waals surface area contributed by atoms with Gasteiger partial charge >= 0.3 is 6.18 Å². The van der Waals surface area contributed by atoms with E-state index >= 15 is 0 Å². The van der Waals surface area contributed by atoms with E-state index in [1.54, 1.807) is 23.6 Å². The van der Waals surface area contributed by atoms with E-state index in [0.29, 0.717) is 22.8 Å². The molecular weight excluding hydrogens is 398 g/mol. The maximum atomic E-state index is 14.1. The molecule has 0 aliphatic heterocycles. The number of aryl methyl sites for hydroxylation is 1. The molecule has 2 aromatic carbocycles. The molecule has 2 aromatic heterocycles. The Morgan fingerprint density at radius 1 is 1.03 bits per heavy atom. The van der Waals surface area contributed by atoms with Crippen molar-refractivity contribution in [2.75, 3.05) is 5.32 Å². The third-order valence-electron chi connectivity index (χ3n) is 4.46. The zero-order valence-corrected chi connectivity index (χ0v) is 15.5. The van der Waals surface area contributed by atoms with Gasteiger partial charge in [0.05, 0.1) is 22.7 Å². The van der Waals surface area contributed by atoms with Crippen LogP contribution < -0.4 is 5.32 Å². The average Bonchev–Trinajstić information content (AvgIpc) is 3.05. The maximum Gasteiger partial charge on any atom is 0.416 e. The van der Waals surface area contributed by atoms with E-state index in [0.717, 1.165) is 12.1 Å². The smallest absolute Gasteiger partial charge is 0.340 e. The SMILES string of the molecule is Cc1nc2c(F)cccc2n1-c1cc(C#N)cc(Nc2ccc(C(F)(F)F)cc2)n1. The summed E-state index contributed by atoms with van der Waals surface area (Å²) in [6.07, 6.45) is -4.43. The maximum absolute atomic E-state index is 14.1. The van der Waals surface area contributed by atoms with Crippen molar-refractivity contribution < 1.29 is 17.6 Å². The Hall–Kier alpha value is -3.93. The van der Waals surface area contributed by atoms with Crippen molar-refractivity contribution in [3.63, 3.8) is 0 Å². The zero-order chi connectivity index (χ0) is 21.5. The lowest BCUT2D eigenvalue weighted by atomic mass is 10.2. The number of pyridine rings is 1. The van der Waals surface area contributed by atoms with Crippen LogP contribution in [0.3, 0.4) is 0 Å². The summed E-state index contributed by atoms with van der Waals surface area (Å²) in [4.78, 5) is 8.68. The molecule has 0 spiro atoms. The molecule has 0 saturated heterocycles. The van der Waals surface area contributed by atoms with Gasteiger partial charge < -0.3 is 5.32 Å². The molecule has 2 heterocycles. The topological polar surface area (TPSA) is 66.5 Å². The predicted molar refractivity (Wildman–Crippen MR) is 103 cm³/mol. The van der Waals surface area contributed by atoms with Crippen LogP contribution >= 0.6 is 0 Å². The fourth-order valence-corrected chi connectivity index (χ4v) is 3.12. The fourth-order valence-electron chi connectivity index (χ4n) is 3.12. The lowest BCUT2D eigenvalue weighted by Gasteiger charge is -2.12. The number of nitriles is 1. The lowest BCUT2D eigenvalue weighted by Crippen LogP contribution is -2.05. The number of fused-ring (bicyclic) bond motifs is 1. The summed E-state index contributed by atoms with van der Waals surface area (Å²) in [6.45, 7) is 1.68. The van der Waals surface area contributed by atoms with E-state index in [-0.39, 0.29) is 16.9 Å². The highest BCUT2D eigenvalue weighted by atomic mass is 19.4. The molecule has 4 rings (SSSR count). The average molecular weight is 411 g/mol. The van der Waals surface area contributed by atoms with Crippen LogP contribution in [0.25, 0.3) is 16.9 Å². The van der Waals surface area contributed by atoms with E-state index in [1.807, 2.05) is 6.07 Å². The minimum Gasteiger partial charge on any atom is -0.340 e. The fraction of sp³-hybridized carbons (Fsp3) is 0.0952. The van der Waals surface area contributed by atoms with Gasteiger partial charge in [-0.25, -0.2) is 14.4 Å². The Morgan fingerprint density at radius 3 is 2.43 bits per heavy atom. The van der Waals surface area contributed by atoms with Gasteiger partial charge in [0, 0.05) is 5.69 Å². The Morgan fingerprint density at radius 2 is 1.77 bits per heavy atom. The largest absolute Gasteiger partial charge is 0.416 e. The van der Waals surface area contributed by atoms with Crippen molar-refractivity contribution in [2.45, 2.75) is 13.1 Å². The lowest BCUT2D eigenvalue weighted by molar-refractivity contribution is -0.137. The number of hydrogen-bond donors (Lipinski definition) is 1. The molecule has 1 N–H and O–H groups in total. The molecule has 0 saturated carbocycles. The number of para-hydroxylation sites is 1. The molecule has 30 heavy (non-hydrogen) atoms. The van der Waals surface area contributed by atoms with Crippen LogP contribution in [0, 0.1) is 24.1 Å². The standard InChI is InChI=1S/C21H13F4N5/c1-12-27-20-16(22)3-2-4-17(20)30(12)19-10-13(11-26)9-18(29-19)28-15-7-5-14(6-8-15)21(23,24)25/h2-10H,1H3,(H,28,29). The van der Waals surface area contributed by atoms with Gasteiger partial charge in [-0.1, -0.05) is 6.07 Å². The molecule has 5 nitrogen and oxygen atoms in total. The minimum atomic E-state index is -4.43. The first kappa shape index (κ1) is 19.4. The van der Waals surface area contributed by atoms with Gasteiger partial charge in [0.15, 0.2) is 5.82 Å². The normalized spacial score (nSPS) is 11.5. The highest BCUT2D eigenvalue weighted by Crippen LogP contribution is 2.30. The Kier molecular flexibility index (Phi) is 4.62. The summed E-state index contributed by atoms with van der Waals surface area (Å²) >= 11 is 0. The van der Waals surface area contributed by atoms with E-state index < -0.39 is 17.6 Å². The second-order valence-electron chi connectivity index (χ2n) is 6.51. The zero-order valence-electron chi connectivity index (χ0n) is 15.5. The molecule has 0 aliphatic rings. The summed E-state index contributed by atoms with van der Waals surface area (Å²) in [7, 11) is 0. The number of nitrogens with one attached hydrogen (secondary N) is 1. The summed E-state index contributed by atoms with van der Waals surface area (Å²) in [5.74, 6) is 0.572. The minimum absolute atomic E-state index is 0.177. The summed E-state index contributed by atoms with van der Waals surface area (Å²) in [6, 6.07) is 14.0. The molecule has 9 heteroatoms. The molecule has 0 unspecified atom stereocenters. The Bertz CT molecular complexity index is 1280. The van der Waals surface area contributed by atoms with Gasteiger partial charge in [0.25, 0.3) is 0 Å². The van der Waals surface area contributed by atoms with Gasteiger partial charge in [-0.2, -0.15) is 18.4 Å². The summed E-state index contributed by atoms with van der Waals surface area (Å²) in [5, 5.41) is 12.3. The van der Waals surface area contributed by atoms with Crippen molar-refractivity contribution in [1.29, 1.82) is 5.26 Å². The second kappa shape index (κ2) is 7.15. The molecule has 0 radical (unpaired) electrons. The van der Waals surface area contributed by atoms with E-state index in [1.165, 1.54) is 30.3 Å². The molecule has 0 amide bonds. The molecule has 0 fully saturated rings. The van der Waals surface area contributed by atoms with E-state index in [4.69, 9.17) is 0 Å². The van der Waals surface area contributed by atoms with Crippen molar-refractivity contribution in [2.24, 2.45) is 0 Å². The molecular formula is C21H13F4N5. The molecule has 150 valence electrons. The first-order chi connectivity index (χ1) is 14.3. The van der Waals surface area contributed by atoms with E-state index in [9.17, 15) is 22.8 Å². The van der Waals surface area contributed by atoms with Crippen LogP contribution in [0.15, 0.2) is 54.6 Å². The number of imidazole rings is 1. The third kappa shape index (κ3) is 3.55. The number of benzene rings is 2. The van der Waals surface area contributed by atoms with Crippen LogP contribution in [0.1, 0.15) is 17.0 Å². The quantitative estimate of drug-likeness (QED) is 0.452.